The van der Waals surface area contributed by atoms with E-state index < -0.39 is 0 Å². The Labute approximate surface area is 98.1 Å². The third-order valence-corrected chi connectivity index (χ3v) is 2.15. The summed E-state index contributed by atoms with van der Waals surface area (Å²) in [7, 11) is 0. The molecule has 0 bridgehead atoms. The lowest BCUT2D eigenvalue weighted by Gasteiger charge is -2.04. The molecule has 0 unspecified atom stereocenters. The van der Waals surface area contributed by atoms with Crippen LogP contribution in [0.1, 0.15) is 10.4 Å². The molecule has 0 aliphatic rings. The predicted molar refractivity (Wildman–Crippen MR) is 62.7 cm³/mol. The first-order chi connectivity index (χ1) is 8.28. The van der Waals surface area contributed by atoms with Crippen LogP contribution < -0.4 is 5.32 Å². The van der Waals surface area contributed by atoms with Crippen LogP contribution in [0.2, 0.25) is 0 Å². The quantitative estimate of drug-likeness (QED) is 0.804. The highest BCUT2D eigenvalue weighted by molar-refractivity contribution is 5.90. The molecule has 0 spiro atoms. The summed E-state index contributed by atoms with van der Waals surface area (Å²) in [6.07, 6.45) is 3.64. The second kappa shape index (κ2) is 5.07. The fourth-order valence-corrected chi connectivity index (χ4v) is 1.40. The van der Waals surface area contributed by atoms with E-state index >= 15 is 0 Å². The van der Waals surface area contributed by atoms with Crippen LogP contribution in [0.15, 0.2) is 42.7 Å². The maximum absolute atomic E-state index is 11.6. The van der Waals surface area contributed by atoms with Gasteiger partial charge in [0.15, 0.2) is 6.29 Å². The number of hydrogen-bond donors (Lipinski definition) is 1. The first-order valence-corrected chi connectivity index (χ1v) is 5.10. The highest BCUT2D eigenvalue weighted by atomic mass is 16.2. The normalized spacial score (nSPS) is 9.88. The van der Waals surface area contributed by atoms with Gasteiger partial charge in [0.1, 0.15) is 6.54 Å². The molecule has 1 aromatic heterocycles. The Hall–Kier alpha value is -2.43. The number of para-hydroxylation sites is 1. The second-order valence-corrected chi connectivity index (χ2v) is 3.50. The van der Waals surface area contributed by atoms with Gasteiger partial charge in [-0.25, -0.2) is 0 Å². The van der Waals surface area contributed by atoms with Gasteiger partial charge in [-0.2, -0.15) is 5.10 Å². The number of aromatic nitrogens is 2. The van der Waals surface area contributed by atoms with Crippen molar-refractivity contribution in [3.05, 3.63) is 48.3 Å². The lowest BCUT2D eigenvalue weighted by atomic mass is 10.3. The number of amides is 1. The Kier molecular flexibility index (Phi) is 3.30. The second-order valence-electron chi connectivity index (χ2n) is 3.50. The van der Waals surface area contributed by atoms with E-state index in [0.29, 0.717) is 11.8 Å². The van der Waals surface area contributed by atoms with Gasteiger partial charge >= 0.3 is 0 Å². The minimum Gasteiger partial charge on any atom is -0.324 e. The molecule has 86 valence electrons. The van der Waals surface area contributed by atoms with Gasteiger partial charge < -0.3 is 5.32 Å². The van der Waals surface area contributed by atoms with E-state index in [1.54, 1.807) is 12.1 Å². The van der Waals surface area contributed by atoms with Crippen molar-refractivity contribution in [3.63, 3.8) is 0 Å². The van der Waals surface area contributed by atoms with Crippen molar-refractivity contribution < 1.29 is 9.59 Å². The van der Waals surface area contributed by atoms with E-state index in [2.05, 4.69) is 10.4 Å². The Bertz CT molecular complexity index is 520. The molecule has 0 atom stereocenters. The maximum atomic E-state index is 11.6. The van der Waals surface area contributed by atoms with Gasteiger partial charge in [0, 0.05) is 11.9 Å². The molecule has 1 amide bonds. The number of nitrogens with zero attached hydrogens (tertiary/aromatic N) is 2. The summed E-state index contributed by atoms with van der Waals surface area (Å²) in [5, 5.41) is 6.62. The fraction of sp³-hybridized carbons (Fsp3) is 0.0833. The molecule has 1 aromatic carbocycles. The monoisotopic (exact) mass is 229 g/mol. The topological polar surface area (TPSA) is 64.0 Å². The number of carbonyl (C=O) groups excluding carboxylic acids is 2. The summed E-state index contributed by atoms with van der Waals surface area (Å²) in [5.41, 5.74) is 1.19. The van der Waals surface area contributed by atoms with Gasteiger partial charge in [-0.15, -0.1) is 0 Å². The summed E-state index contributed by atoms with van der Waals surface area (Å²) >= 11 is 0. The summed E-state index contributed by atoms with van der Waals surface area (Å²) in [6.45, 7) is 0.0860. The van der Waals surface area contributed by atoms with Gasteiger partial charge in [0.2, 0.25) is 5.91 Å². The molecule has 0 saturated heterocycles. The lowest BCUT2D eigenvalue weighted by Crippen LogP contribution is -2.18. The zero-order chi connectivity index (χ0) is 12.1. The fourth-order valence-electron chi connectivity index (χ4n) is 1.40. The van der Waals surface area contributed by atoms with Gasteiger partial charge in [0.25, 0.3) is 0 Å². The van der Waals surface area contributed by atoms with E-state index in [1.807, 2.05) is 18.2 Å². The SMILES string of the molecule is O=Cc1cnn(CC(=O)Nc2ccccc2)c1. The zero-order valence-corrected chi connectivity index (χ0v) is 9.04. The molecule has 2 rings (SSSR count). The van der Waals surface area contributed by atoms with Crippen molar-refractivity contribution in [2.75, 3.05) is 5.32 Å². The van der Waals surface area contributed by atoms with Crippen molar-refractivity contribution in [1.29, 1.82) is 0 Å². The van der Waals surface area contributed by atoms with E-state index in [-0.39, 0.29) is 12.5 Å². The largest absolute Gasteiger partial charge is 0.324 e. The first-order valence-electron chi connectivity index (χ1n) is 5.10. The smallest absolute Gasteiger partial charge is 0.246 e. The molecule has 0 saturated carbocycles. The highest BCUT2D eigenvalue weighted by Gasteiger charge is 2.04. The van der Waals surface area contributed by atoms with Crippen molar-refractivity contribution in [3.8, 4) is 0 Å². The molecule has 0 aliphatic carbocycles. The van der Waals surface area contributed by atoms with Crippen LogP contribution in [0, 0.1) is 0 Å². The average molecular weight is 229 g/mol. The van der Waals surface area contributed by atoms with E-state index in [1.165, 1.54) is 17.1 Å². The third kappa shape index (κ3) is 3.01. The van der Waals surface area contributed by atoms with Crippen LogP contribution in [-0.2, 0) is 11.3 Å². The number of benzene rings is 1. The van der Waals surface area contributed by atoms with Crippen LogP contribution in [0.25, 0.3) is 0 Å². The summed E-state index contributed by atoms with van der Waals surface area (Å²) in [4.78, 5) is 22.1. The molecule has 1 N–H and O–H groups in total. The molecular weight excluding hydrogens is 218 g/mol. The number of anilines is 1. The molecule has 0 radical (unpaired) electrons. The Morgan fingerprint density at radius 3 is 2.76 bits per heavy atom. The van der Waals surface area contributed by atoms with Gasteiger partial charge in [-0.3, -0.25) is 14.3 Å². The molecule has 0 aliphatic heterocycles. The highest BCUT2D eigenvalue weighted by Crippen LogP contribution is 2.05. The average Bonchev–Trinajstić information content (AvgIpc) is 2.78. The molecule has 5 nitrogen and oxygen atoms in total. The Balaban J connectivity index is 1.95. The molecule has 0 fully saturated rings. The van der Waals surface area contributed by atoms with E-state index in [0.717, 1.165) is 5.69 Å². The van der Waals surface area contributed by atoms with Crippen molar-refractivity contribution >= 4 is 17.9 Å². The van der Waals surface area contributed by atoms with E-state index in [4.69, 9.17) is 0 Å². The predicted octanol–water partition coefficient (Wildman–Crippen LogP) is 1.33. The molecular formula is C12H11N3O2. The number of rotatable bonds is 4. The first kappa shape index (κ1) is 11.1. The van der Waals surface area contributed by atoms with Crippen molar-refractivity contribution in [2.45, 2.75) is 6.54 Å². The van der Waals surface area contributed by atoms with Crippen molar-refractivity contribution in [1.82, 2.24) is 9.78 Å². The van der Waals surface area contributed by atoms with Crippen LogP contribution >= 0.6 is 0 Å². The minimum atomic E-state index is -0.184. The number of carbonyl (C=O) groups is 2. The van der Waals surface area contributed by atoms with Crippen LogP contribution in [-0.4, -0.2) is 22.0 Å². The van der Waals surface area contributed by atoms with Gasteiger partial charge in [-0.1, -0.05) is 18.2 Å². The van der Waals surface area contributed by atoms with Crippen molar-refractivity contribution in [2.24, 2.45) is 0 Å². The van der Waals surface area contributed by atoms with Gasteiger partial charge in [-0.05, 0) is 12.1 Å². The summed E-state index contributed by atoms with van der Waals surface area (Å²) in [6, 6.07) is 9.16. The number of aldehydes is 1. The zero-order valence-electron chi connectivity index (χ0n) is 9.04. The summed E-state index contributed by atoms with van der Waals surface area (Å²) in [5.74, 6) is -0.184. The van der Waals surface area contributed by atoms with Crippen LogP contribution in [0.5, 0.6) is 0 Å². The molecule has 5 heteroatoms. The summed E-state index contributed by atoms with van der Waals surface area (Å²) < 4.78 is 1.42. The Morgan fingerprint density at radius 2 is 2.12 bits per heavy atom. The molecule has 2 aromatic rings. The van der Waals surface area contributed by atoms with Crippen LogP contribution in [0.3, 0.4) is 0 Å². The van der Waals surface area contributed by atoms with Crippen LogP contribution in [0.4, 0.5) is 5.69 Å². The van der Waals surface area contributed by atoms with Gasteiger partial charge in [0.05, 0.1) is 11.8 Å². The number of hydrogen-bond acceptors (Lipinski definition) is 3. The third-order valence-electron chi connectivity index (χ3n) is 2.15. The number of nitrogens with one attached hydrogen (secondary N) is 1. The molecule has 1 heterocycles. The molecule has 17 heavy (non-hydrogen) atoms. The standard InChI is InChI=1S/C12H11N3O2/c16-9-10-6-13-15(7-10)8-12(17)14-11-4-2-1-3-5-11/h1-7,9H,8H2,(H,14,17). The Morgan fingerprint density at radius 1 is 1.35 bits per heavy atom. The maximum Gasteiger partial charge on any atom is 0.246 e. The lowest BCUT2D eigenvalue weighted by molar-refractivity contribution is -0.116. The van der Waals surface area contributed by atoms with E-state index in [9.17, 15) is 9.59 Å². The minimum absolute atomic E-state index is 0.0860.